The van der Waals surface area contributed by atoms with Gasteiger partial charge in [0.15, 0.2) is 0 Å². The Morgan fingerprint density at radius 1 is 1.14 bits per heavy atom. The molecule has 1 saturated heterocycles. The molecular formula is C18H26N2O. The predicted molar refractivity (Wildman–Crippen MR) is 86.8 cm³/mol. The molecule has 1 fully saturated rings. The van der Waals surface area contributed by atoms with E-state index in [9.17, 15) is 4.79 Å². The highest BCUT2D eigenvalue weighted by Gasteiger charge is 2.48. The average Bonchev–Trinajstić information content (AvgIpc) is 2.71. The van der Waals surface area contributed by atoms with Crippen molar-refractivity contribution < 1.29 is 4.79 Å². The van der Waals surface area contributed by atoms with Crippen LogP contribution in [0.4, 0.5) is 5.69 Å². The van der Waals surface area contributed by atoms with E-state index < -0.39 is 0 Å². The van der Waals surface area contributed by atoms with Crippen LogP contribution in [0.15, 0.2) is 18.2 Å². The summed E-state index contributed by atoms with van der Waals surface area (Å²) in [6.45, 7) is 10.9. The first-order valence-corrected chi connectivity index (χ1v) is 8.14. The number of carbonyl (C=O) groups is 1. The molecule has 0 radical (unpaired) electrons. The minimum atomic E-state index is -0.282. The van der Waals surface area contributed by atoms with Crippen LogP contribution in [0.5, 0.6) is 0 Å². The number of amides is 1. The summed E-state index contributed by atoms with van der Waals surface area (Å²) in [5, 5.41) is 3.14. The Balaban J connectivity index is 1.91. The maximum absolute atomic E-state index is 12.6. The second kappa shape index (κ2) is 5.13. The Morgan fingerprint density at radius 3 is 2.38 bits per heavy atom. The maximum Gasteiger partial charge on any atom is 0.235 e. The second-order valence-corrected chi connectivity index (χ2v) is 7.13. The molecule has 1 N–H and O–H groups in total. The molecule has 0 saturated carbocycles. The molecular weight excluding hydrogens is 260 g/mol. The molecule has 1 aromatic carbocycles. The topological polar surface area (TPSA) is 32.3 Å². The summed E-state index contributed by atoms with van der Waals surface area (Å²) in [5.74, 6) is 0.702. The lowest BCUT2D eigenvalue weighted by atomic mass is 9.73. The van der Waals surface area contributed by atoms with E-state index in [0.29, 0.717) is 12.0 Å². The number of anilines is 1. The van der Waals surface area contributed by atoms with Gasteiger partial charge in [0.2, 0.25) is 5.91 Å². The number of benzene rings is 1. The number of hydrogen-bond acceptors (Lipinski definition) is 2. The SMILES string of the molecule is CC(C)c1ccc2c(c1)NC(=O)C21CCN(C(C)C)CC1. The van der Waals surface area contributed by atoms with Gasteiger partial charge in [0.25, 0.3) is 0 Å². The first-order valence-electron chi connectivity index (χ1n) is 8.14. The van der Waals surface area contributed by atoms with Crippen LogP contribution in [0.2, 0.25) is 0 Å². The molecule has 2 heterocycles. The number of piperidine rings is 1. The summed E-state index contributed by atoms with van der Waals surface area (Å²) in [5.41, 5.74) is 3.28. The van der Waals surface area contributed by atoms with E-state index in [4.69, 9.17) is 0 Å². The quantitative estimate of drug-likeness (QED) is 0.902. The summed E-state index contributed by atoms with van der Waals surface area (Å²) in [6.07, 6.45) is 1.87. The van der Waals surface area contributed by atoms with Crippen molar-refractivity contribution in [2.45, 2.75) is 57.9 Å². The molecule has 0 atom stereocenters. The van der Waals surface area contributed by atoms with Crippen LogP contribution < -0.4 is 5.32 Å². The molecule has 0 aromatic heterocycles. The molecule has 1 aromatic rings. The Morgan fingerprint density at radius 2 is 1.81 bits per heavy atom. The van der Waals surface area contributed by atoms with Crippen LogP contribution in [-0.2, 0) is 10.2 Å². The van der Waals surface area contributed by atoms with E-state index in [1.165, 1.54) is 11.1 Å². The Labute approximate surface area is 127 Å². The summed E-state index contributed by atoms with van der Waals surface area (Å²) >= 11 is 0. The zero-order chi connectivity index (χ0) is 15.2. The third-order valence-corrected chi connectivity index (χ3v) is 5.29. The molecule has 1 amide bonds. The number of likely N-dealkylation sites (tertiary alicyclic amines) is 1. The third kappa shape index (κ3) is 2.28. The van der Waals surface area contributed by atoms with Crippen LogP contribution in [0.1, 0.15) is 57.6 Å². The Bertz CT molecular complexity index is 554. The van der Waals surface area contributed by atoms with Crippen molar-refractivity contribution in [3.8, 4) is 0 Å². The van der Waals surface area contributed by atoms with Crippen molar-refractivity contribution in [1.29, 1.82) is 0 Å². The Hall–Kier alpha value is -1.35. The van der Waals surface area contributed by atoms with Gasteiger partial charge in [-0.1, -0.05) is 26.0 Å². The van der Waals surface area contributed by atoms with Gasteiger partial charge in [0.05, 0.1) is 5.41 Å². The molecule has 0 bridgehead atoms. The van der Waals surface area contributed by atoms with Crippen LogP contribution in [0.25, 0.3) is 0 Å². The molecule has 3 heteroatoms. The summed E-state index contributed by atoms with van der Waals surface area (Å²) in [7, 11) is 0. The van der Waals surface area contributed by atoms with Gasteiger partial charge in [-0.25, -0.2) is 0 Å². The number of hydrogen-bond donors (Lipinski definition) is 1. The predicted octanol–water partition coefficient (Wildman–Crippen LogP) is 3.50. The largest absolute Gasteiger partial charge is 0.325 e. The van der Waals surface area contributed by atoms with E-state index in [-0.39, 0.29) is 11.3 Å². The van der Waals surface area contributed by atoms with E-state index in [1.54, 1.807) is 0 Å². The average molecular weight is 286 g/mol. The molecule has 3 nitrogen and oxygen atoms in total. The van der Waals surface area contributed by atoms with Crippen molar-refractivity contribution in [2.75, 3.05) is 18.4 Å². The molecule has 21 heavy (non-hydrogen) atoms. The number of nitrogens with one attached hydrogen (secondary N) is 1. The van der Waals surface area contributed by atoms with Crippen LogP contribution >= 0.6 is 0 Å². The molecule has 2 aliphatic heterocycles. The highest BCUT2D eigenvalue weighted by molar-refractivity contribution is 6.06. The molecule has 0 aliphatic carbocycles. The van der Waals surface area contributed by atoms with Crippen molar-refractivity contribution in [2.24, 2.45) is 0 Å². The van der Waals surface area contributed by atoms with Crippen molar-refractivity contribution in [3.63, 3.8) is 0 Å². The van der Waals surface area contributed by atoms with E-state index >= 15 is 0 Å². The zero-order valence-electron chi connectivity index (χ0n) is 13.6. The first-order chi connectivity index (χ1) is 9.94. The fourth-order valence-corrected chi connectivity index (χ4v) is 3.72. The van der Waals surface area contributed by atoms with E-state index in [0.717, 1.165) is 31.6 Å². The van der Waals surface area contributed by atoms with Crippen LogP contribution in [0.3, 0.4) is 0 Å². The van der Waals surface area contributed by atoms with Gasteiger partial charge >= 0.3 is 0 Å². The van der Waals surface area contributed by atoms with E-state index in [2.05, 4.69) is 56.1 Å². The monoisotopic (exact) mass is 286 g/mol. The van der Waals surface area contributed by atoms with Crippen molar-refractivity contribution in [1.82, 2.24) is 4.90 Å². The summed E-state index contributed by atoms with van der Waals surface area (Å²) in [6, 6.07) is 7.12. The highest BCUT2D eigenvalue weighted by atomic mass is 16.2. The third-order valence-electron chi connectivity index (χ3n) is 5.29. The molecule has 114 valence electrons. The lowest BCUT2D eigenvalue weighted by Crippen LogP contribution is -2.48. The number of carbonyl (C=O) groups excluding carboxylic acids is 1. The van der Waals surface area contributed by atoms with Crippen molar-refractivity contribution in [3.05, 3.63) is 29.3 Å². The zero-order valence-corrected chi connectivity index (χ0v) is 13.6. The maximum atomic E-state index is 12.6. The van der Waals surface area contributed by atoms with Gasteiger partial charge in [0.1, 0.15) is 0 Å². The standard InChI is InChI=1S/C18H26N2O/c1-12(2)14-5-6-15-16(11-14)19-17(21)18(15)7-9-20(10-8-18)13(3)4/h5-6,11-13H,7-10H2,1-4H3,(H,19,21). The first kappa shape index (κ1) is 14.6. The van der Waals surface area contributed by atoms with Gasteiger partial charge in [-0.05, 0) is 62.9 Å². The summed E-state index contributed by atoms with van der Waals surface area (Å²) in [4.78, 5) is 15.1. The lowest BCUT2D eigenvalue weighted by molar-refractivity contribution is -0.122. The second-order valence-electron chi connectivity index (χ2n) is 7.13. The lowest BCUT2D eigenvalue weighted by Gasteiger charge is -2.39. The van der Waals surface area contributed by atoms with Gasteiger partial charge in [0, 0.05) is 11.7 Å². The highest BCUT2D eigenvalue weighted by Crippen LogP contribution is 2.45. The smallest absolute Gasteiger partial charge is 0.235 e. The van der Waals surface area contributed by atoms with Gasteiger partial charge in [-0.3, -0.25) is 4.79 Å². The molecule has 1 spiro atoms. The van der Waals surface area contributed by atoms with Crippen LogP contribution in [0, 0.1) is 0 Å². The fraction of sp³-hybridized carbons (Fsp3) is 0.611. The number of fused-ring (bicyclic) bond motifs is 2. The number of rotatable bonds is 2. The van der Waals surface area contributed by atoms with Crippen LogP contribution in [-0.4, -0.2) is 29.9 Å². The molecule has 0 unspecified atom stereocenters. The number of nitrogens with zero attached hydrogens (tertiary/aromatic N) is 1. The van der Waals surface area contributed by atoms with Gasteiger partial charge in [-0.15, -0.1) is 0 Å². The van der Waals surface area contributed by atoms with Gasteiger partial charge in [-0.2, -0.15) is 0 Å². The van der Waals surface area contributed by atoms with E-state index in [1.807, 2.05) is 0 Å². The summed E-state index contributed by atoms with van der Waals surface area (Å²) < 4.78 is 0. The fourth-order valence-electron chi connectivity index (χ4n) is 3.72. The minimum absolute atomic E-state index is 0.210. The normalized spacial score (nSPS) is 21.1. The Kier molecular flexibility index (Phi) is 3.56. The molecule has 2 aliphatic rings. The van der Waals surface area contributed by atoms with Crippen molar-refractivity contribution >= 4 is 11.6 Å². The molecule has 3 rings (SSSR count). The van der Waals surface area contributed by atoms with Gasteiger partial charge < -0.3 is 10.2 Å². The minimum Gasteiger partial charge on any atom is -0.325 e.